The molecular weight excluding hydrogens is 344 g/mol. The zero-order chi connectivity index (χ0) is 19.1. The van der Waals surface area contributed by atoms with Crippen molar-refractivity contribution >= 4 is 29.2 Å². The quantitative estimate of drug-likeness (QED) is 0.692. The van der Waals surface area contributed by atoms with E-state index in [2.05, 4.69) is 25.7 Å². The van der Waals surface area contributed by atoms with Gasteiger partial charge < -0.3 is 15.4 Å². The van der Waals surface area contributed by atoms with Crippen molar-refractivity contribution < 1.29 is 14.3 Å². The molecule has 1 aromatic carbocycles. The number of urea groups is 1. The number of ether oxygens (including phenoxy) is 1. The van der Waals surface area contributed by atoms with Crippen molar-refractivity contribution in [3.63, 3.8) is 0 Å². The summed E-state index contributed by atoms with van der Waals surface area (Å²) in [6.45, 7) is 0. The van der Waals surface area contributed by atoms with Gasteiger partial charge >= 0.3 is 12.0 Å². The maximum atomic E-state index is 12.1. The molecule has 1 aliphatic rings. The molecule has 1 aliphatic carbocycles. The van der Waals surface area contributed by atoms with E-state index in [-0.39, 0.29) is 18.0 Å². The van der Waals surface area contributed by atoms with Crippen LogP contribution in [0.2, 0.25) is 0 Å². The van der Waals surface area contributed by atoms with Crippen molar-refractivity contribution in [1.82, 2.24) is 10.3 Å². The van der Waals surface area contributed by atoms with Crippen LogP contribution in [0.15, 0.2) is 42.6 Å². The van der Waals surface area contributed by atoms with Crippen molar-refractivity contribution in [3.8, 4) is 0 Å². The van der Waals surface area contributed by atoms with Crippen LogP contribution < -0.4 is 16.0 Å². The van der Waals surface area contributed by atoms with Crippen LogP contribution in [-0.4, -0.2) is 30.1 Å². The normalized spacial score (nSPS) is 14.3. The van der Waals surface area contributed by atoms with Gasteiger partial charge in [0.15, 0.2) is 0 Å². The fraction of sp³-hybridized carbons (Fsp3) is 0.350. The number of pyridine rings is 1. The lowest BCUT2D eigenvalue weighted by Crippen LogP contribution is -2.39. The molecule has 0 saturated heterocycles. The first-order valence-corrected chi connectivity index (χ1v) is 9.13. The Labute approximate surface area is 158 Å². The summed E-state index contributed by atoms with van der Waals surface area (Å²) in [5.74, 6) is 0.125. The van der Waals surface area contributed by atoms with E-state index in [9.17, 15) is 9.59 Å². The minimum Gasteiger partial charge on any atom is -0.465 e. The summed E-state index contributed by atoms with van der Waals surface area (Å²) < 4.78 is 4.68. The summed E-state index contributed by atoms with van der Waals surface area (Å²) in [4.78, 5) is 27.8. The number of esters is 1. The Kier molecular flexibility index (Phi) is 6.25. The average Bonchev–Trinajstić information content (AvgIpc) is 2.70. The maximum absolute atomic E-state index is 12.1. The molecule has 0 bridgehead atoms. The highest BCUT2D eigenvalue weighted by Crippen LogP contribution is 2.19. The van der Waals surface area contributed by atoms with Crippen LogP contribution in [0.4, 0.5) is 22.0 Å². The topological polar surface area (TPSA) is 92.4 Å². The number of anilines is 3. The van der Waals surface area contributed by atoms with Crippen LogP contribution in [0.1, 0.15) is 42.5 Å². The molecule has 2 amide bonds. The molecule has 0 atom stereocenters. The highest BCUT2D eigenvalue weighted by molar-refractivity contribution is 5.90. The molecular formula is C20H24N4O3. The van der Waals surface area contributed by atoms with Gasteiger partial charge in [0, 0.05) is 11.7 Å². The number of rotatable bonds is 5. The number of carbonyl (C=O) groups is 2. The maximum Gasteiger partial charge on any atom is 0.337 e. The summed E-state index contributed by atoms with van der Waals surface area (Å²) in [6, 6.07) is 10.6. The van der Waals surface area contributed by atoms with E-state index in [4.69, 9.17) is 0 Å². The van der Waals surface area contributed by atoms with Gasteiger partial charge in [-0.3, -0.25) is 5.32 Å². The van der Waals surface area contributed by atoms with Crippen LogP contribution in [0.3, 0.4) is 0 Å². The molecule has 3 rings (SSSR count). The van der Waals surface area contributed by atoms with Crippen LogP contribution >= 0.6 is 0 Å². The Morgan fingerprint density at radius 3 is 2.33 bits per heavy atom. The molecule has 7 heteroatoms. The molecule has 0 aliphatic heterocycles. The second-order valence-corrected chi connectivity index (χ2v) is 6.56. The molecule has 142 valence electrons. The lowest BCUT2D eigenvalue weighted by molar-refractivity contribution is 0.0600. The van der Waals surface area contributed by atoms with E-state index in [1.54, 1.807) is 36.5 Å². The van der Waals surface area contributed by atoms with E-state index in [0.29, 0.717) is 11.4 Å². The summed E-state index contributed by atoms with van der Waals surface area (Å²) in [7, 11) is 1.35. The Hall–Kier alpha value is -3.09. The molecule has 1 aromatic heterocycles. The Morgan fingerprint density at radius 2 is 1.70 bits per heavy atom. The Morgan fingerprint density at radius 1 is 1.00 bits per heavy atom. The molecule has 1 fully saturated rings. The molecule has 1 heterocycles. The van der Waals surface area contributed by atoms with Gasteiger partial charge in [0.05, 0.1) is 24.6 Å². The smallest absolute Gasteiger partial charge is 0.337 e. The van der Waals surface area contributed by atoms with E-state index < -0.39 is 0 Å². The summed E-state index contributed by atoms with van der Waals surface area (Å²) in [5.41, 5.74) is 2.09. The zero-order valence-electron chi connectivity index (χ0n) is 15.3. The van der Waals surface area contributed by atoms with Gasteiger partial charge in [0.2, 0.25) is 0 Å². The van der Waals surface area contributed by atoms with Crippen LogP contribution in [-0.2, 0) is 4.74 Å². The average molecular weight is 368 g/mol. The number of benzene rings is 1. The number of hydrogen-bond acceptors (Lipinski definition) is 5. The van der Waals surface area contributed by atoms with Crippen LogP contribution in [0, 0.1) is 0 Å². The van der Waals surface area contributed by atoms with Crippen LogP contribution in [0.25, 0.3) is 0 Å². The third kappa shape index (κ3) is 5.44. The first-order chi connectivity index (χ1) is 13.1. The predicted molar refractivity (Wildman–Crippen MR) is 104 cm³/mol. The van der Waals surface area contributed by atoms with Crippen molar-refractivity contribution in [2.24, 2.45) is 0 Å². The second kappa shape index (κ2) is 9.02. The molecule has 0 radical (unpaired) electrons. The number of nitrogens with zero attached hydrogens (tertiary/aromatic N) is 1. The van der Waals surface area contributed by atoms with E-state index >= 15 is 0 Å². The van der Waals surface area contributed by atoms with Gasteiger partial charge in [-0.05, 0) is 49.2 Å². The molecule has 1 saturated carbocycles. The number of nitrogens with one attached hydrogen (secondary N) is 3. The number of amides is 2. The standard InChI is InChI=1S/C20H24N4O3/c1-27-19(25)14-7-9-16(10-8-14)22-17-11-12-18(21-13-17)24-20(26)23-15-5-3-2-4-6-15/h7-13,15,22H,2-6H2,1H3,(H2,21,23,24,26). The summed E-state index contributed by atoms with van der Waals surface area (Å²) in [6.07, 6.45) is 7.32. The second-order valence-electron chi connectivity index (χ2n) is 6.56. The largest absolute Gasteiger partial charge is 0.465 e. The predicted octanol–water partition coefficient (Wildman–Crippen LogP) is 4.07. The van der Waals surface area contributed by atoms with Crippen molar-refractivity contribution in [3.05, 3.63) is 48.2 Å². The number of carbonyl (C=O) groups excluding carboxylic acids is 2. The number of hydrogen-bond donors (Lipinski definition) is 3. The van der Waals surface area contributed by atoms with Crippen molar-refractivity contribution in [1.29, 1.82) is 0 Å². The minimum absolute atomic E-state index is 0.214. The fourth-order valence-corrected chi connectivity index (χ4v) is 3.10. The van der Waals surface area contributed by atoms with Gasteiger partial charge in [-0.15, -0.1) is 0 Å². The van der Waals surface area contributed by atoms with Crippen LogP contribution in [0.5, 0.6) is 0 Å². The van der Waals surface area contributed by atoms with Gasteiger partial charge in [0.1, 0.15) is 5.82 Å². The first kappa shape index (κ1) is 18.7. The molecule has 7 nitrogen and oxygen atoms in total. The van der Waals surface area contributed by atoms with Gasteiger partial charge in [-0.2, -0.15) is 0 Å². The van der Waals surface area contributed by atoms with E-state index in [1.165, 1.54) is 26.4 Å². The molecule has 3 N–H and O–H groups in total. The van der Waals surface area contributed by atoms with Gasteiger partial charge in [0.25, 0.3) is 0 Å². The molecule has 0 unspecified atom stereocenters. The highest BCUT2D eigenvalue weighted by Gasteiger charge is 2.15. The van der Waals surface area contributed by atoms with E-state index in [1.807, 2.05) is 6.07 Å². The Bertz CT molecular complexity index is 769. The van der Waals surface area contributed by atoms with Gasteiger partial charge in [-0.25, -0.2) is 14.6 Å². The van der Waals surface area contributed by atoms with Gasteiger partial charge in [-0.1, -0.05) is 19.3 Å². The van der Waals surface area contributed by atoms with Crippen molar-refractivity contribution in [2.75, 3.05) is 17.7 Å². The van der Waals surface area contributed by atoms with E-state index in [0.717, 1.165) is 24.2 Å². The summed E-state index contributed by atoms with van der Waals surface area (Å²) >= 11 is 0. The molecule has 2 aromatic rings. The number of aromatic nitrogens is 1. The SMILES string of the molecule is COC(=O)c1ccc(Nc2ccc(NC(=O)NC3CCCCC3)nc2)cc1. The monoisotopic (exact) mass is 368 g/mol. The first-order valence-electron chi connectivity index (χ1n) is 9.13. The molecule has 0 spiro atoms. The lowest BCUT2D eigenvalue weighted by Gasteiger charge is -2.22. The molecule has 27 heavy (non-hydrogen) atoms. The third-order valence-electron chi connectivity index (χ3n) is 4.54. The highest BCUT2D eigenvalue weighted by atomic mass is 16.5. The third-order valence-corrected chi connectivity index (χ3v) is 4.54. The lowest BCUT2D eigenvalue weighted by atomic mass is 9.96. The minimum atomic E-state index is -0.370. The summed E-state index contributed by atoms with van der Waals surface area (Å²) in [5, 5.41) is 8.96. The zero-order valence-corrected chi connectivity index (χ0v) is 15.3. The van der Waals surface area contributed by atoms with Crippen molar-refractivity contribution in [2.45, 2.75) is 38.1 Å². The number of methoxy groups -OCH3 is 1. The fourth-order valence-electron chi connectivity index (χ4n) is 3.10. The Balaban J connectivity index is 1.52.